The summed E-state index contributed by atoms with van der Waals surface area (Å²) in [6, 6.07) is 18.4. The van der Waals surface area contributed by atoms with Gasteiger partial charge in [-0.3, -0.25) is 9.36 Å². The molecule has 3 atom stereocenters. The molecule has 0 radical (unpaired) electrons. The third-order valence-corrected chi connectivity index (χ3v) is 7.01. The van der Waals surface area contributed by atoms with Crippen LogP contribution in [0.5, 0.6) is 0 Å². The van der Waals surface area contributed by atoms with Crippen molar-refractivity contribution in [2.45, 2.75) is 50.1 Å². The van der Waals surface area contributed by atoms with Crippen molar-refractivity contribution in [1.29, 1.82) is 0 Å². The summed E-state index contributed by atoms with van der Waals surface area (Å²) in [6.07, 6.45) is 3.49. The number of nitrogens with zero attached hydrogens (tertiary/aromatic N) is 2. The van der Waals surface area contributed by atoms with Gasteiger partial charge in [-0.05, 0) is 36.0 Å². The van der Waals surface area contributed by atoms with Crippen LogP contribution in [0.15, 0.2) is 64.5 Å². The van der Waals surface area contributed by atoms with E-state index in [-0.39, 0.29) is 11.6 Å². The van der Waals surface area contributed by atoms with Gasteiger partial charge in [0.15, 0.2) is 5.16 Å². The number of hydrogen-bond donors (Lipinski definition) is 0. The Labute approximate surface area is 164 Å². The molecule has 1 aliphatic carbocycles. The van der Waals surface area contributed by atoms with E-state index >= 15 is 0 Å². The third kappa shape index (κ3) is 3.68. The maximum absolute atomic E-state index is 13.4. The van der Waals surface area contributed by atoms with Gasteiger partial charge in [-0.25, -0.2) is 4.98 Å². The van der Waals surface area contributed by atoms with Crippen LogP contribution in [0.3, 0.4) is 0 Å². The van der Waals surface area contributed by atoms with Crippen LogP contribution in [-0.4, -0.2) is 9.55 Å². The molecule has 1 aliphatic rings. The number of rotatable bonds is 4. The zero-order valence-electron chi connectivity index (χ0n) is 16.0. The van der Waals surface area contributed by atoms with E-state index in [9.17, 15) is 4.79 Å². The highest BCUT2D eigenvalue weighted by Crippen LogP contribution is 2.39. The molecular formula is C23H26N2OS. The lowest BCUT2D eigenvalue weighted by Crippen LogP contribution is -2.35. The molecule has 0 saturated heterocycles. The lowest BCUT2D eigenvalue weighted by Gasteiger charge is -2.36. The average Bonchev–Trinajstić information content (AvgIpc) is 2.70. The topological polar surface area (TPSA) is 34.9 Å². The molecule has 1 fully saturated rings. The standard InChI is InChI=1S/C23H26N2OS/c1-16-9-8-14-21(17(16)2)25-22(26)19-12-6-7-13-20(19)24-23(25)27-15-18-10-4-3-5-11-18/h3-7,10-13,16-17,21H,8-9,14-15H2,1-2H3/t16-,17+,21-/m0/s1. The molecule has 0 bridgehead atoms. The van der Waals surface area contributed by atoms with Gasteiger partial charge in [0.2, 0.25) is 0 Å². The summed E-state index contributed by atoms with van der Waals surface area (Å²) in [7, 11) is 0. The Bertz CT molecular complexity index is 983. The molecule has 0 amide bonds. The quantitative estimate of drug-likeness (QED) is 0.432. The number of fused-ring (bicyclic) bond motifs is 1. The molecular weight excluding hydrogens is 352 g/mol. The van der Waals surface area contributed by atoms with Crippen molar-refractivity contribution < 1.29 is 0 Å². The van der Waals surface area contributed by atoms with E-state index in [2.05, 4.69) is 38.1 Å². The first kappa shape index (κ1) is 18.3. The van der Waals surface area contributed by atoms with Crippen LogP contribution < -0.4 is 5.56 Å². The van der Waals surface area contributed by atoms with E-state index in [0.29, 0.717) is 11.8 Å². The number of hydrogen-bond acceptors (Lipinski definition) is 3. The fraction of sp³-hybridized carbons (Fsp3) is 0.391. The Morgan fingerprint density at radius 1 is 1.04 bits per heavy atom. The Morgan fingerprint density at radius 2 is 1.78 bits per heavy atom. The summed E-state index contributed by atoms with van der Waals surface area (Å²) in [5.41, 5.74) is 2.16. The zero-order valence-corrected chi connectivity index (χ0v) is 16.8. The largest absolute Gasteiger partial charge is 0.284 e. The molecule has 27 heavy (non-hydrogen) atoms. The fourth-order valence-electron chi connectivity index (χ4n) is 4.16. The monoisotopic (exact) mass is 378 g/mol. The predicted octanol–water partition coefficient (Wildman–Crippen LogP) is 5.69. The number of aromatic nitrogens is 2. The van der Waals surface area contributed by atoms with Gasteiger partial charge in [-0.2, -0.15) is 0 Å². The average molecular weight is 379 g/mol. The van der Waals surface area contributed by atoms with Crippen LogP contribution in [0, 0.1) is 11.8 Å². The maximum atomic E-state index is 13.4. The number of para-hydroxylation sites is 1. The van der Waals surface area contributed by atoms with E-state index < -0.39 is 0 Å². The molecule has 3 aromatic rings. The minimum Gasteiger partial charge on any atom is -0.284 e. The van der Waals surface area contributed by atoms with Gasteiger partial charge in [0.05, 0.1) is 10.9 Å². The summed E-state index contributed by atoms with van der Waals surface area (Å²) >= 11 is 1.68. The molecule has 0 spiro atoms. The Kier molecular flexibility index (Phi) is 5.35. The fourth-order valence-corrected chi connectivity index (χ4v) is 5.17. The second kappa shape index (κ2) is 7.89. The molecule has 0 N–H and O–H groups in total. The van der Waals surface area contributed by atoms with Gasteiger partial charge in [0.1, 0.15) is 0 Å². The lowest BCUT2D eigenvalue weighted by atomic mass is 9.78. The van der Waals surface area contributed by atoms with Gasteiger partial charge in [-0.15, -0.1) is 0 Å². The summed E-state index contributed by atoms with van der Waals surface area (Å²) < 4.78 is 2.01. The normalized spacial score (nSPS) is 22.8. The molecule has 140 valence electrons. The SMILES string of the molecule is C[C@@H]1[C@@H](C)CCC[C@@H]1n1c(SCc2ccccc2)nc2ccccc2c1=O. The Hall–Kier alpha value is -2.07. The molecule has 1 saturated carbocycles. The van der Waals surface area contributed by atoms with Crippen molar-refractivity contribution in [3.05, 3.63) is 70.5 Å². The second-order valence-electron chi connectivity index (χ2n) is 7.70. The van der Waals surface area contributed by atoms with Crippen LogP contribution in [0.2, 0.25) is 0 Å². The number of benzene rings is 2. The Balaban J connectivity index is 1.79. The first-order valence-electron chi connectivity index (χ1n) is 9.83. The molecule has 4 heteroatoms. The van der Waals surface area contributed by atoms with Crippen LogP contribution in [-0.2, 0) is 5.75 Å². The van der Waals surface area contributed by atoms with Crippen LogP contribution in [0.4, 0.5) is 0 Å². The van der Waals surface area contributed by atoms with E-state index in [1.54, 1.807) is 11.8 Å². The highest BCUT2D eigenvalue weighted by atomic mass is 32.2. The first-order valence-corrected chi connectivity index (χ1v) is 10.8. The van der Waals surface area contributed by atoms with E-state index in [0.717, 1.165) is 28.2 Å². The maximum Gasteiger partial charge on any atom is 0.262 e. The summed E-state index contributed by atoms with van der Waals surface area (Å²) in [5, 5.41) is 1.58. The smallest absolute Gasteiger partial charge is 0.262 e. The predicted molar refractivity (Wildman–Crippen MR) is 113 cm³/mol. The third-order valence-electron chi connectivity index (χ3n) is 5.98. The zero-order chi connectivity index (χ0) is 18.8. The first-order chi connectivity index (χ1) is 13.1. The molecule has 4 rings (SSSR count). The highest BCUT2D eigenvalue weighted by molar-refractivity contribution is 7.98. The van der Waals surface area contributed by atoms with E-state index in [4.69, 9.17) is 4.98 Å². The van der Waals surface area contributed by atoms with Crippen molar-refractivity contribution in [3.8, 4) is 0 Å². The number of thioether (sulfide) groups is 1. The lowest BCUT2D eigenvalue weighted by molar-refractivity contribution is 0.173. The summed E-state index contributed by atoms with van der Waals surface area (Å²) in [5.74, 6) is 1.94. The second-order valence-corrected chi connectivity index (χ2v) is 8.64. The van der Waals surface area contributed by atoms with Crippen molar-refractivity contribution >= 4 is 22.7 Å². The Morgan fingerprint density at radius 3 is 2.59 bits per heavy atom. The minimum absolute atomic E-state index is 0.113. The van der Waals surface area contributed by atoms with Gasteiger partial charge < -0.3 is 0 Å². The summed E-state index contributed by atoms with van der Waals surface area (Å²) in [6.45, 7) is 4.61. The van der Waals surface area contributed by atoms with E-state index in [1.807, 2.05) is 34.9 Å². The minimum atomic E-state index is 0.113. The van der Waals surface area contributed by atoms with Gasteiger partial charge >= 0.3 is 0 Å². The molecule has 0 unspecified atom stereocenters. The van der Waals surface area contributed by atoms with Crippen molar-refractivity contribution in [2.24, 2.45) is 11.8 Å². The van der Waals surface area contributed by atoms with Crippen molar-refractivity contribution in [1.82, 2.24) is 9.55 Å². The summed E-state index contributed by atoms with van der Waals surface area (Å²) in [4.78, 5) is 18.3. The van der Waals surface area contributed by atoms with Crippen LogP contribution in [0.25, 0.3) is 10.9 Å². The molecule has 3 nitrogen and oxygen atoms in total. The van der Waals surface area contributed by atoms with Crippen LogP contribution in [0.1, 0.15) is 44.7 Å². The van der Waals surface area contributed by atoms with E-state index in [1.165, 1.54) is 18.4 Å². The van der Waals surface area contributed by atoms with Crippen LogP contribution >= 0.6 is 11.8 Å². The molecule has 1 heterocycles. The van der Waals surface area contributed by atoms with Gasteiger partial charge in [-0.1, -0.05) is 80.9 Å². The van der Waals surface area contributed by atoms with Gasteiger partial charge in [0, 0.05) is 11.8 Å². The van der Waals surface area contributed by atoms with Crippen molar-refractivity contribution in [2.75, 3.05) is 0 Å². The van der Waals surface area contributed by atoms with Crippen molar-refractivity contribution in [3.63, 3.8) is 0 Å². The molecule has 2 aromatic carbocycles. The molecule has 0 aliphatic heterocycles. The molecule has 1 aromatic heterocycles. The van der Waals surface area contributed by atoms with Gasteiger partial charge in [0.25, 0.3) is 5.56 Å². The highest BCUT2D eigenvalue weighted by Gasteiger charge is 2.31.